The third-order valence-electron chi connectivity index (χ3n) is 5.40. The van der Waals surface area contributed by atoms with Crippen molar-refractivity contribution in [2.45, 2.75) is 12.3 Å². The summed E-state index contributed by atoms with van der Waals surface area (Å²) in [5.41, 5.74) is 3.58. The minimum absolute atomic E-state index is 0.0384. The molecule has 2 heterocycles. The average Bonchev–Trinajstić information content (AvgIpc) is 3.15. The van der Waals surface area contributed by atoms with Gasteiger partial charge in [-0.25, -0.2) is 9.97 Å². The molecular formula is C23H22ClN5O3. The van der Waals surface area contributed by atoms with E-state index in [0.29, 0.717) is 40.2 Å². The SMILES string of the molecule is CC1(CO)CNc2c(C#N)cc(-c3ccnc(Nc4cc(Cl)ccc4OCCO)n3)cc21. The van der Waals surface area contributed by atoms with Crippen molar-refractivity contribution in [3.8, 4) is 23.1 Å². The molecule has 1 unspecified atom stereocenters. The molecule has 1 aliphatic heterocycles. The first kappa shape index (κ1) is 21.8. The number of nitrogens with zero attached hydrogens (tertiary/aromatic N) is 3. The van der Waals surface area contributed by atoms with Crippen LogP contribution in [-0.4, -0.2) is 46.5 Å². The van der Waals surface area contributed by atoms with Crippen LogP contribution >= 0.6 is 11.6 Å². The number of ether oxygens (including phenoxy) is 1. The molecule has 9 heteroatoms. The lowest BCUT2D eigenvalue weighted by atomic mass is 9.83. The molecule has 2 aromatic carbocycles. The van der Waals surface area contributed by atoms with E-state index in [9.17, 15) is 10.4 Å². The summed E-state index contributed by atoms with van der Waals surface area (Å²) < 4.78 is 5.55. The van der Waals surface area contributed by atoms with E-state index in [1.165, 1.54) is 0 Å². The predicted octanol–water partition coefficient (Wildman–Crippen LogP) is 3.46. The van der Waals surface area contributed by atoms with Gasteiger partial charge in [0.25, 0.3) is 0 Å². The summed E-state index contributed by atoms with van der Waals surface area (Å²) in [4.78, 5) is 8.88. The van der Waals surface area contributed by atoms with Crippen molar-refractivity contribution in [1.82, 2.24) is 9.97 Å². The molecule has 4 rings (SSSR count). The third kappa shape index (κ3) is 4.18. The van der Waals surface area contributed by atoms with E-state index >= 15 is 0 Å². The van der Waals surface area contributed by atoms with Crippen molar-refractivity contribution in [3.63, 3.8) is 0 Å². The fourth-order valence-corrected chi connectivity index (χ4v) is 3.82. The van der Waals surface area contributed by atoms with Gasteiger partial charge in [0.05, 0.1) is 35.8 Å². The predicted molar refractivity (Wildman–Crippen MR) is 122 cm³/mol. The van der Waals surface area contributed by atoms with Crippen LogP contribution < -0.4 is 15.4 Å². The number of hydrogen-bond donors (Lipinski definition) is 4. The molecule has 0 saturated carbocycles. The number of aliphatic hydroxyl groups excluding tert-OH is 2. The molecule has 0 aliphatic carbocycles. The molecule has 32 heavy (non-hydrogen) atoms. The lowest BCUT2D eigenvalue weighted by Crippen LogP contribution is -2.28. The fraction of sp³-hybridized carbons (Fsp3) is 0.261. The summed E-state index contributed by atoms with van der Waals surface area (Å²) in [7, 11) is 0. The van der Waals surface area contributed by atoms with Crippen LogP contribution in [0.15, 0.2) is 42.6 Å². The monoisotopic (exact) mass is 451 g/mol. The lowest BCUT2D eigenvalue weighted by molar-refractivity contribution is 0.202. The van der Waals surface area contributed by atoms with Crippen LogP contribution in [0.2, 0.25) is 5.02 Å². The van der Waals surface area contributed by atoms with E-state index in [1.54, 1.807) is 36.5 Å². The summed E-state index contributed by atoms with van der Waals surface area (Å²) in [6.07, 6.45) is 1.62. The molecule has 0 spiro atoms. The second kappa shape index (κ2) is 9.01. The summed E-state index contributed by atoms with van der Waals surface area (Å²) in [6, 6.07) is 12.8. The highest BCUT2D eigenvalue weighted by Gasteiger charge is 2.35. The van der Waals surface area contributed by atoms with Crippen LogP contribution in [0.1, 0.15) is 18.1 Å². The molecular weight excluding hydrogens is 430 g/mol. The van der Waals surface area contributed by atoms with Crippen molar-refractivity contribution in [2.24, 2.45) is 0 Å². The normalized spacial score (nSPS) is 16.7. The Labute approximate surface area is 190 Å². The molecule has 0 amide bonds. The molecule has 0 bridgehead atoms. The van der Waals surface area contributed by atoms with E-state index < -0.39 is 5.41 Å². The number of rotatable bonds is 7. The van der Waals surface area contributed by atoms with E-state index in [4.69, 9.17) is 21.4 Å². The second-order valence-electron chi connectivity index (χ2n) is 7.73. The highest BCUT2D eigenvalue weighted by atomic mass is 35.5. The first-order chi connectivity index (χ1) is 15.5. The van der Waals surface area contributed by atoms with Crippen LogP contribution in [0.4, 0.5) is 17.3 Å². The number of aromatic nitrogens is 2. The van der Waals surface area contributed by atoms with Crippen molar-refractivity contribution < 1.29 is 14.9 Å². The van der Waals surface area contributed by atoms with Gasteiger partial charge >= 0.3 is 0 Å². The van der Waals surface area contributed by atoms with Crippen LogP contribution in [0, 0.1) is 11.3 Å². The van der Waals surface area contributed by atoms with Gasteiger partial charge in [-0.2, -0.15) is 5.26 Å². The maximum atomic E-state index is 9.92. The van der Waals surface area contributed by atoms with E-state index in [1.807, 2.05) is 13.0 Å². The number of aliphatic hydroxyl groups is 2. The Bertz CT molecular complexity index is 1200. The lowest BCUT2D eigenvalue weighted by Gasteiger charge is -2.21. The summed E-state index contributed by atoms with van der Waals surface area (Å²) >= 11 is 6.13. The van der Waals surface area contributed by atoms with Crippen LogP contribution in [0.5, 0.6) is 5.75 Å². The standard InChI is InChI=1S/C23H22ClN5O3/c1-23(13-31)12-27-21-15(11-25)8-14(9-17(21)23)18-4-5-26-22(28-18)29-19-10-16(24)2-3-20(19)32-7-6-30/h2-5,8-10,27,30-31H,6-7,12-13H2,1H3,(H,26,28,29). The van der Waals surface area contributed by atoms with Gasteiger partial charge in [0.1, 0.15) is 18.4 Å². The van der Waals surface area contributed by atoms with Crippen molar-refractivity contribution in [2.75, 3.05) is 37.0 Å². The highest BCUT2D eigenvalue weighted by Crippen LogP contribution is 2.41. The quantitative estimate of drug-likeness (QED) is 0.430. The van der Waals surface area contributed by atoms with Crippen LogP contribution in [0.3, 0.4) is 0 Å². The maximum absolute atomic E-state index is 9.92. The van der Waals surface area contributed by atoms with Gasteiger partial charge < -0.3 is 25.6 Å². The van der Waals surface area contributed by atoms with Gasteiger partial charge in [-0.15, -0.1) is 0 Å². The van der Waals surface area contributed by atoms with Crippen molar-refractivity contribution in [1.29, 1.82) is 5.26 Å². The van der Waals surface area contributed by atoms with Crippen LogP contribution in [-0.2, 0) is 5.41 Å². The number of nitrogens with one attached hydrogen (secondary N) is 2. The topological polar surface area (TPSA) is 123 Å². The molecule has 0 fully saturated rings. The third-order valence-corrected chi connectivity index (χ3v) is 5.64. The fourth-order valence-electron chi connectivity index (χ4n) is 3.65. The molecule has 0 radical (unpaired) electrons. The van der Waals surface area contributed by atoms with Gasteiger partial charge in [0, 0.05) is 28.7 Å². The first-order valence-corrected chi connectivity index (χ1v) is 10.4. The highest BCUT2D eigenvalue weighted by molar-refractivity contribution is 6.31. The first-order valence-electron chi connectivity index (χ1n) is 10.0. The van der Waals surface area contributed by atoms with Gasteiger partial charge in [0.2, 0.25) is 5.95 Å². The molecule has 1 aliphatic rings. The Hall–Kier alpha value is -3.38. The average molecular weight is 452 g/mol. The number of hydrogen-bond acceptors (Lipinski definition) is 8. The van der Waals surface area contributed by atoms with Gasteiger partial charge in [-0.05, 0) is 42.0 Å². The van der Waals surface area contributed by atoms with Crippen molar-refractivity contribution in [3.05, 3.63) is 58.7 Å². The Kier molecular flexibility index (Phi) is 6.15. The number of anilines is 3. The van der Waals surface area contributed by atoms with Gasteiger partial charge in [-0.1, -0.05) is 18.5 Å². The Morgan fingerprint density at radius 1 is 1.28 bits per heavy atom. The maximum Gasteiger partial charge on any atom is 0.227 e. The second-order valence-corrected chi connectivity index (χ2v) is 8.17. The minimum atomic E-state index is -0.481. The smallest absolute Gasteiger partial charge is 0.227 e. The number of benzene rings is 2. The molecule has 0 saturated heterocycles. The number of halogens is 1. The Morgan fingerprint density at radius 3 is 2.88 bits per heavy atom. The van der Waals surface area contributed by atoms with E-state index in [-0.39, 0.29) is 19.8 Å². The Balaban J connectivity index is 1.70. The summed E-state index contributed by atoms with van der Waals surface area (Å²) in [5, 5.41) is 35.5. The zero-order chi connectivity index (χ0) is 22.7. The van der Waals surface area contributed by atoms with Crippen LogP contribution in [0.25, 0.3) is 11.3 Å². The molecule has 4 N–H and O–H groups in total. The molecule has 1 aromatic heterocycles. The zero-order valence-corrected chi connectivity index (χ0v) is 18.1. The number of nitriles is 1. The minimum Gasteiger partial charge on any atom is -0.489 e. The largest absolute Gasteiger partial charge is 0.489 e. The van der Waals surface area contributed by atoms with E-state index in [0.717, 1.165) is 16.8 Å². The van der Waals surface area contributed by atoms with Gasteiger partial charge in [0.15, 0.2) is 0 Å². The molecule has 164 valence electrons. The Morgan fingerprint density at radius 2 is 2.12 bits per heavy atom. The number of fused-ring (bicyclic) bond motifs is 1. The summed E-state index contributed by atoms with van der Waals surface area (Å²) in [5.74, 6) is 0.826. The molecule has 1 atom stereocenters. The zero-order valence-electron chi connectivity index (χ0n) is 17.4. The summed E-state index contributed by atoms with van der Waals surface area (Å²) in [6.45, 7) is 2.50. The van der Waals surface area contributed by atoms with E-state index in [2.05, 4.69) is 26.7 Å². The van der Waals surface area contributed by atoms with Crippen molar-refractivity contribution >= 4 is 28.9 Å². The molecule has 3 aromatic rings. The molecule has 8 nitrogen and oxygen atoms in total. The van der Waals surface area contributed by atoms with Gasteiger partial charge in [-0.3, -0.25) is 0 Å².